The maximum Gasteiger partial charge on any atom is 0.160 e. The SMILES string of the molecule is CC1CCCC1.CCC#Cc1ccc(C(C)=O)c(CCC)c1.CCCC(C)CC.Cc1ccc(C)c(F)c1. The first kappa shape index (κ1) is 35.6. The normalized spacial score (nSPS) is 12.9. The van der Waals surface area contributed by atoms with Gasteiger partial charge in [0.1, 0.15) is 5.82 Å². The van der Waals surface area contributed by atoms with E-state index in [4.69, 9.17) is 0 Å². The molecule has 3 rings (SSSR count). The summed E-state index contributed by atoms with van der Waals surface area (Å²) in [5, 5.41) is 0. The molecule has 0 spiro atoms. The average Bonchev–Trinajstić information content (AvgIpc) is 3.37. The van der Waals surface area contributed by atoms with Gasteiger partial charge in [0, 0.05) is 17.5 Å². The zero-order valence-corrected chi connectivity index (χ0v) is 26.0. The number of Topliss-reactive ketones (excluding diaryl/α,β-unsaturated/α-hetero) is 1. The van der Waals surface area contributed by atoms with Crippen LogP contribution in [0, 0.1) is 43.3 Å². The van der Waals surface area contributed by atoms with Crippen LogP contribution in [0.1, 0.15) is 139 Å². The highest BCUT2D eigenvalue weighted by molar-refractivity contribution is 5.95. The number of benzene rings is 2. The molecule has 0 bridgehead atoms. The summed E-state index contributed by atoms with van der Waals surface area (Å²) in [5.41, 5.74) is 4.65. The van der Waals surface area contributed by atoms with Gasteiger partial charge in [0.25, 0.3) is 0 Å². The third-order valence-corrected chi connectivity index (χ3v) is 6.86. The van der Waals surface area contributed by atoms with E-state index in [1.807, 2.05) is 38.1 Å². The van der Waals surface area contributed by atoms with Crippen LogP contribution in [0.3, 0.4) is 0 Å². The Bertz CT molecular complexity index is 973. The fourth-order valence-corrected chi connectivity index (χ4v) is 4.21. The Balaban J connectivity index is 0.000000525. The largest absolute Gasteiger partial charge is 0.295 e. The summed E-state index contributed by atoms with van der Waals surface area (Å²) >= 11 is 0. The molecular formula is C36H55FO. The lowest BCUT2D eigenvalue weighted by Crippen LogP contribution is -2.00. The van der Waals surface area contributed by atoms with Crippen LogP contribution in [0.4, 0.5) is 4.39 Å². The van der Waals surface area contributed by atoms with Crippen LogP contribution >= 0.6 is 0 Å². The Morgan fingerprint density at radius 1 is 1.00 bits per heavy atom. The first-order chi connectivity index (χ1) is 18.1. The van der Waals surface area contributed by atoms with Crippen LogP contribution in [0.15, 0.2) is 36.4 Å². The van der Waals surface area contributed by atoms with E-state index < -0.39 is 0 Å². The standard InChI is InChI=1S/C15H18O.C8H9F.C7H16.C6H12/c1-4-6-8-13-9-10-15(12(3)16)14(11-13)7-5-2;1-6-3-4-7(2)8(9)5-6;1-4-6-7(3)5-2;1-6-4-2-3-5-6/h9-11H,4-5,7H2,1-3H3;3-5H,1-2H3;7H,4-6H2,1-3H3;6H,2-5H2,1H3. The molecule has 38 heavy (non-hydrogen) atoms. The van der Waals surface area contributed by atoms with Gasteiger partial charge in [-0.2, -0.15) is 0 Å². The summed E-state index contributed by atoms with van der Waals surface area (Å²) in [4.78, 5) is 11.4. The van der Waals surface area contributed by atoms with Crippen molar-refractivity contribution < 1.29 is 9.18 Å². The predicted octanol–water partition coefficient (Wildman–Crippen LogP) is 11.1. The van der Waals surface area contributed by atoms with Gasteiger partial charge >= 0.3 is 0 Å². The van der Waals surface area contributed by atoms with Gasteiger partial charge in [0.2, 0.25) is 0 Å². The number of ketones is 1. The molecule has 2 heteroatoms. The lowest BCUT2D eigenvalue weighted by Gasteiger charge is -2.06. The van der Waals surface area contributed by atoms with Crippen molar-refractivity contribution in [3.63, 3.8) is 0 Å². The van der Waals surface area contributed by atoms with Crippen molar-refractivity contribution in [3.05, 3.63) is 70.0 Å². The molecule has 1 saturated carbocycles. The molecule has 1 aliphatic rings. The van der Waals surface area contributed by atoms with Crippen LogP contribution in [-0.4, -0.2) is 5.78 Å². The van der Waals surface area contributed by atoms with E-state index in [9.17, 15) is 9.18 Å². The van der Waals surface area contributed by atoms with Crippen LogP contribution < -0.4 is 0 Å². The Morgan fingerprint density at radius 3 is 2.05 bits per heavy atom. The first-order valence-electron chi connectivity index (χ1n) is 14.9. The molecule has 0 aromatic heterocycles. The molecule has 1 unspecified atom stereocenters. The number of hydrogen-bond acceptors (Lipinski definition) is 1. The summed E-state index contributed by atoms with van der Waals surface area (Å²) in [5.74, 6) is 8.16. The van der Waals surface area contributed by atoms with E-state index >= 15 is 0 Å². The molecule has 0 saturated heterocycles. The molecule has 0 aliphatic heterocycles. The fraction of sp³-hybridized carbons (Fsp3) is 0.583. The van der Waals surface area contributed by atoms with Crippen LogP contribution in [0.2, 0.25) is 0 Å². The quantitative estimate of drug-likeness (QED) is 0.272. The second kappa shape index (κ2) is 21.5. The molecule has 0 radical (unpaired) electrons. The van der Waals surface area contributed by atoms with Crippen molar-refractivity contribution >= 4 is 5.78 Å². The summed E-state index contributed by atoms with van der Waals surface area (Å²) in [6, 6.07) is 11.1. The van der Waals surface area contributed by atoms with Gasteiger partial charge in [-0.25, -0.2) is 4.39 Å². The van der Waals surface area contributed by atoms with Crippen molar-refractivity contribution in [3.8, 4) is 11.8 Å². The number of carbonyl (C=O) groups is 1. The molecule has 212 valence electrons. The third-order valence-electron chi connectivity index (χ3n) is 6.86. The molecule has 1 aliphatic carbocycles. The fourth-order valence-electron chi connectivity index (χ4n) is 4.21. The lowest BCUT2D eigenvalue weighted by atomic mass is 9.98. The van der Waals surface area contributed by atoms with Crippen molar-refractivity contribution in [2.45, 2.75) is 127 Å². The van der Waals surface area contributed by atoms with Crippen LogP contribution in [0.5, 0.6) is 0 Å². The van der Waals surface area contributed by atoms with E-state index in [1.165, 1.54) is 51.0 Å². The van der Waals surface area contributed by atoms with Crippen molar-refractivity contribution in [2.75, 3.05) is 0 Å². The van der Waals surface area contributed by atoms with E-state index in [0.29, 0.717) is 5.56 Å². The van der Waals surface area contributed by atoms with Crippen molar-refractivity contribution in [2.24, 2.45) is 11.8 Å². The molecule has 1 fully saturated rings. The summed E-state index contributed by atoms with van der Waals surface area (Å²) in [6.07, 6.45) is 12.9. The van der Waals surface area contributed by atoms with E-state index in [-0.39, 0.29) is 11.6 Å². The molecule has 0 heterocycles. The van der Waals surface area contributed by atoms with Gasteiger partial charge in [-0.3, -0.25) is 4.79 Å². The maximum atomic E-state index is 12.6. The lowest BCUT2D eigenvalue weighted by molar-refractivity contribution is 0.101. The van der Waals surface area contributed by atoms with Gasteiger partial charge in [0.15, 0.2) is 5.78 Å². The Hall–Kier alpha value is -2.40. The smallest absolute Gasteiger partial charge is 0.160 e. The highest BCUT2D eigenvalue weighted by atomic mass is 19.1. The monoisotopic (exact) mass is 522 g/mol. The van der Waals surface area contributed by atoms with Gasteiger partial charge < -0.3 is 0 Å². The number of aryl methyl sites for hydroxylation is 3. The van der Waals surface area contributed by atoms with Crippen molar-refractivity contribution in [1.82, 2.24) is 0 Å². The number of hydrogen-bond donors (Lipinski definition) is 0. The molecule has 0 N–H and O–H groups in total. The minimum absolute atomic E-state index is 0.116. The van der Waals surface area contributed by atoms with E-state index in [0.717, 1.165) is 53.4 Å². The molecule has 0 amide bonds. The summed E-state index contributed by atoms with van der Waals surface area (Å²) in [6.45, 7) is 18.5. The Labute approximate surface area is 235 Å². The summed E-state index contributed by atoms with van der Waals surface area (Å²) in [7, 11) is 0. The predicted molar refractivity (Wildman–Crippen MR) is 165 cm³/mol. The Morgan fingerprint density at radius 2 is 1.66 bits per heavy atom. The van der Waals surface area contributed by atoms with Gasteiger partial charge in [0.05, 0.1) is 0 Å². The maximum absolute atomic E-state index is 12.6. The highest BCUT2D eigenvalue weighted by Crippen LogP contribution is 2.23. The van der Waals surface area contributed by atoms with Crippen LogP contribution in [-0.2, 0) is 6.42 Å². The number of halogens is 1. The zero-order chi connectivity index (χ0) is 28.9. The highest BCUT2D eigenvalue weighted by Gasteiger charge is 2.07. The average molecular weight is 523 g/mol. The van der Waals surface area contributed by atoms with Gasteiger partial charge in [-0.15, -0.1) is 0 Å². The van der Waals surface area contributed by atoms with E-state index in [1.54, 1.807) is 19.9 Å². The summed E-state index contributed by atoms with van der Waals surface area (Å²) < 4.78 is 12.6. The molecule has 2 aromatic rings. The Kier molecular flexibility index (Phi) is 20.2. The zero-order valence-electron chi connectivity index (χ0n) is 26.0. The van der Waals surface area contributed by atoms with Gasteiger partial charge in [-0.1, -0.05) is 117 Å². The third kappa shape index (κ3) is 16.4. The second-order valence-corrected chi connectivity index (χ2v) is 10.8. The first-order valence-corrected chi connectivity index (χ1v) is 14.9. The number of rotatable bonds is 6. The minimum atomic E-state index is -0.116. The van der Waals surface area contributed by atoms with E-state index in [2.05, 4.69) is 46.5 Å². The molecule has 2 aromatic carbocycles. The molecule has 1 atom stereocenters. The van der Waals surface area contributed by atoms with Crippen LogP contribution in [0.25, 0.3) is 0 Å². The topological polar surface area (TPSA) is 17.1 Å². The van der Waals surface area contributed by atoms with Crippen molar-refractivity contribution in [1.29, 1.82) is 0 Å². The van der Waals surface area contributed by atoms with Gasteiger partial charge in [-0.05, 0) is 80.0 Å². The molecule has 1 nitrogen and oxygen atoms in total. The minimum Gasteiger partial charge on any atom is -0.295 e. The second-order valence-electron chi connectivity index (χ2n) is 10.8. The number of carbonyl (C=O) groups excluding carboxylic acids is 1. The molecular weight excluding hydrogens is 467 g/mol.